The molecule has 0 unspecified atom stereocenters. The summed E-state index contributed by atoms with van der Waals surface area (Å²) in [5.41, 5.74) is 2.13. The SMILES string of the molecule is COC(=O)[C@@H](Cc1cccc(C)c1)NC(=O)CC(C)C. The van der Waals surface area contributed by atoms with Crippen LogP contribution in [0.4, 0.5) is 0 Å². The van der Waals surface area contributed by atoms with Crippen LogP contribution in [0.15, 0.2) is 24.3 Å². The van der Waals surface area contributed by atoms with E-state index in [9.17, 15) is 9.59 Å². The summed E-state index contributed by atoms with van der Waals surface area (Å²) in [5, 5.41) is 2.75. The second kappa shape index (κ2) is 7.68. The zero-order valence-corrected chi connectivity index (χ0v) is 12.6. The van der Waals surface area contributed by atoms with Crippen LogP contribution in [0.2, 0.25) is 0 Å². The number of nitrogens with one attached hydrogen (secondary N) is 1. The van der Waals surface area contributed by atoms with Crippen molar-refractivity contribution in [1.29, 1.82) is 0 Å². The summed E-state index contributed by atoms with van der Waals surface area (Å²) in [6.07, 6.45) is 0.847. The van der Waals surface area contributed by atoms with Crippen molar-refractivity contribution in [2.75, 3.05) is 7.11 Å². The molecule has 110 valence electrons. The molecule has 0 heterocycles. The van der Waals surface area contributed by atoms with Gasteiger partial charge in [-0.3, -0.25) is 4.79 Å². The lowest BCUT2D eigenvalue weighted by Crippen LogP contribution is -2.43. The number of hydrogen-bond acceptors (Lipinski definition) is 3. The Morgan fingerprint density at radius 2 is 2.00 bits per heavy atom. The summed E-state index contributed by atoms with van der Waals surface area (Å²) in [5.74, 6) is -0.279. The maximum Gasteiger partial charge on any atom is 0.328 e. The van der Waals surface area contributed by atoms with Crippen molar-refractivity contribution in [2.45, 2.75) is 39.7 Å². The molecule has 0 aliphatic carbocycles. The van der Waals surface area contributed by atoms with Crippen LogP contribution < -0.4 is 5.32 Å². The number of ether oxygens (including phenoxy) is 1. The summed E-state index contributed by atoms with van der Waals surface area (Å²) in [6.45, 7) is 5.93. The highest BCUT2D eigenvalue weighted by Crippen LogP contribution is 2.09. The van der Waals surface area contributed by atoms with Gasteiger partial charge in [-0.1, -0.05) is 43.7 Å². The number of carbonyl (C=O) groups is 2. The molecule has 0 saturated heterocycles. The molecule has 1 aromatic carbocycles. The van der Waals surface area contributed by atoms with Crippen LogP contribution in [0.3, 0.4) is 0 Å². The fraction of sp³-hybridized carbons (Fsp3) is 0.500. The molecule has 0 spiro atoms. The summed E-state index contributed by atoms with van der Waals surface area (Å²) in [6, 6.07) is 7.25. The second-order valence-corrected chi connectivity index (χ2v) is 5.43. The molecule has 0 aromatic heterocycles. The van der Waals surface area contributed by atoms with Crippen molar-refractivity contribution in [2.24, 2.45) is 5.92 Å². The van der Waals surface area contributed by atoms with E-state index in [4.69, 9.17) is 4.74 Å². The third kappa shape index (κ3) is 5.43. The van der Waals surface area contributed by atoms with E-state index in [-0.39, 0.29) is 11.8 Å². The van der Waals surface area contributed by atoms with Gasteiger partial charge in [0, 0.05) is 12.8 Å². The molecular weight excluding hydrogens is 254 g/mol. The number of carbonyl (C=O) groups excluding carboxylic acids is 2. The van der Waals surface area contributed by atoms with Gasteiger partial charge < -0.3 is 10.1 Å². The minimum atomic E-state index is -0.631. The van der Waals surface area contributed by atoms with Crippen molar-refractivity contribution in [3.05, 3.63) is 35.4 Å². The van der Waals surface area contributed by atoms with Crippen molar-refractivity contribution < 1.29 is 14.3 Å². The quantitative estimate of drug-likeness (QED) is 0.811. The fourth-order valence-corrected chi connectivity index (χ4v) is 2.03. The van der Waals surface area contributed by atoms with E-state index in [2.05, 4.69) is 5.32 Å². The van der Waals surface area contributed by atoms with E-state index in [1.165, 1.54) is 7.11 Å². The lowest BCUT2D eigenvalue weighted by molar-refractivity contribution is -0.145. The van der Waals surface area contributed by atoms with Gasteiger partial charge in [-0.25, -0.2) is 4.79 Å². The number of benzene rings is 1. The van der Waals surface area contributed by atoms with Gasteiger partial charge >= 0.3 is 5.97 Å². The lowest BCUT2D eigenvalue weighted by Gasteiger charge is -2.17. The molecule has 1 N–H and O–H groups in total. The standard InChI is InChI=1S/C16H23NO3/c1-11(2)8-15(18)17-14(16(19)20-4)10-13-7-5-6-12(3)9-13/h5-7,9,11,14H,8,10H2,1-4H3,(H,17,18)/t14-/m1/s1. The summed E-state index contributed by atoms with van der Waals surface area (Å²) >= 11 is 0. The highest BCUT2D eigenvalue weighted by Gasteiger charge is 2.22. The second-order valence-electron chi connectivity index (χ2n) is 5.43. The third-order valence-corrected chi connectivity index (χ3v) is 2.94. The molecule has 1 atom stereocenters. The molecule has 0 saturated carbocycles. The van der Waals surface area contributed by atoms with Crippen LogP contribution in [0, 0.1) is 12.8 Å². The zero-order valence-electron chi connectivity index (χ0n) is 12.6. The first-order valence-electron chi connectivity index (χ1n) is 6.85. The highest BCUT2D eigenvalue weighted by atomic mass is 16.5. The largest absolute Gasteiger partial charge is 0.467 e. The molecule has 0 fully saturated rings. The summed E-state index contributed by atoms with van der Waals surface area (Å²) in [4.78, 5) is 23.6. The van der Waals surface area contributed by atoms with Gasteiger partial charge in [0.2, 0.25) is 5.91 Å². The number of amides is 1. The van der Waals surface area contributed by atoms with E-state index in [0.717, 1.165) is 11.1 Å². The maximum absolute atomic E-state index is 11.8. The Morgan fingerprint density at radius 1 is 1.30 bits per heavy atom. The fourth-order valence-electron chi connectivity index (χ4n) is 2.03. The maximum atomic E-state index is 11.8. The highest BCUT2D eigenvalue weighted by molar-refractivity contribution is 5.84. The molecule has 4 nitrogen and oxygen atoms in total. The molecule has 0 bridgehead atoms. The molecule has 1 amide bonds. The van der Waals surface area contributed by atoms with Crippen molar-refractivity contribution in [3.8, 4) is 0 Å². The number of methoxy groups -OCH3 is 1. The van der Waals surface area contributed by atoms with Crippen LogP contribution >= 0.6 is 0 Å². The van der Waals surface area contributed by atoms with Gasteiger partial charge in [0.25, 0.3) is 0 Å². The van der Waals surface area contributed by atoms with E-state index >= 15 is 0 Å². The van der Waals surface area contributed by atoms with Gasteiger partial charge in [-0.2, -0.15) is 0 Å². The van der Waals surface area contributed by atoms with E-state index in [1.54, 1.807) is 0 Å². The third-order valence-electron chi connectivity index (χ3n) is 2.94. The number of aryl methyl sites for hydroxylation is 1. The monoisotopic (exact) mass is 277 g/mol. The van der Waals surface area contributed by atoms with Gasteiger partial charge in [0.15, 0.2) is 0 Å². The van der Waals surface area contributed by atoms with Crippen molar-refractivity contribution in [3.63, 3.8) is 0 Å². The Hall–Kier alpha value is -1.84. The number of rotatable bonds is 6. The predicted molar refractivity (Wildman–Crippen MR) is 78.3 cm³/mol. The average Bonchev–Trinajstić information content (AvgIpc) is 2.36. The molecule has 4 heteroatoms. The number of hydrogen-bond donors (Lipinski definition) is 1. The molecule has 1 rings (SSSR count). The van der Waals surface area contributed by atoms with Crippen LogP contribution in [-0.2, 0) is 20.7 Å². The van der Waals surface area contributed by atoms with Crippen LogP contribution in [0.5, 0.6) is 0 Å². The lowest BCUT2D eigenvalue weighted by atomic mass is 10.0. The van der Waals surface area contributed by atoms with Crippen molar-refractivity contribution >= 4 is 11.9 Å². The minimum Gasteiger partial charge on any atom is -0.467 e. The first-order chi connectivity index (χ1) is 9.42. The molecule has 0 aliphatic rings. The molecule has 0 aliphatic heterocycles. The Balaban J connectivity index is 2.74. The Kier molecular flexibility index (Phi) is 6.22. The Labute approximate surface area is 120 Å². The van der Waals surface area contributed by atoms with E-state index < -0.39 is 12.0 Å². The number of esters is 1. The molecule has 1 aromatic rings. The van der Waals surface area contributed by atoms with Gasteiger partial charge in [-0.15, -0.1) is 0 Å². The molecular formula is C16H23NO3. The Morgan fingerprint density at radius 3 is 2.55 bits per heavy atom. The molecule has 0 radical (unpaired) electrons. The predicted octanol–water partition coefficient (Wildman–Crippen LogP) is 2.24. The van der Waals surface area contributed by atoms with E-state index in [0.29, 0.717) is 12.8 Å². The van der Waals surface area contributed by atoms with E-state index in [1.807, 2.05) is 45.0 Å². The molecule has 20 heavy (non-hydrogen) atoms. The minimum absolute atomic E-state index is 0.122. The first-order valence-corrected chi connectivity index (χ1v) is 6.85. The smallest absolute Gasteiger partial charge is 0.328 e. The van der Waals surface area contributed by atoms with Crippen LogP contribution in [-0.4, -0.2) is 25.0 Å². The normalized spacial score (nSPS) is 12.1. The topological polar surface area (TPSA) is 55.4 Å². The van der Waals surface area contributed by atoms with Crippen LogP contribution in [0.25, 0.3) is 0 Å². The first kappa shape index (κ1) is 16.2. The zero-order chi connectivity index (χ0) is 15.1. The van der Waals surface area contributed by atoms with Crippen LogP contribution in [0.1, 0.15) is 31.4 Å². The summed E-state index contributed by atoms with van der Waals surface area (Å²) < 4.78 is 4.77. The average molecular weight is 277 g/mol. The van der Waals surface area contributed by atoms with Gasteiger partial charge in [0.1, 0.15) is 6.04 Å². The van der Waals surface area contributed by atoms with Gasteiger partial charge in [0.05, 0.1) is 7.11 Å². The van der Waals surface area contributed by atoms with Crippen molar-refractivity contribution in [1.82, 2.24) is 5.32 Å². The van der Waals surface area contributed by atoms with Gasteiger partial charge in [-0.05, 0) is 18.4 Å². The summed E-state index contributed by atoms with van der Waals surface area (Å²) in [7, 11) is 1.33. The Bertz CT molecular complexity index is 469.